The summed E-state index contributed by atoms with van der Waals surface area (Å²) in [5.41, 5.74) is 1.44. The minimum atomic E-state index is 0.721. The third-order valence-corrected chi connectivity index (χ3v) is 2.67. The van der Waals surface area contributed by atoms with Gasteiger partial charge in [0.25, 0.3) is 0 Å². The molecule has 1 aliphatic heterocycles. The summed E-state index contributed by atoms with van der Waals surface area (Å²) in [5.74, 6) is 0. The molecule has 0 aliphatic carbocycles. The Balaban J connectivity index is 1.98. The molecule has 1 aromatic rings. The van der Waals surface area contributed by atoms with Crippen LogP contribution in [0.5, 0.6) is 0 Å². The third kappa shape index (κ3) is 1.53. The van der Waals surface area contributed by atoms with Crippen molar-refractivity contribution in [2.24, 2.45) is 7.05 Å². The van der Waals surface area contributed by atoms with Crippen LogP contribution in [0.3, 0.4) is 0 Å². The van der Waals surface area contributed by atoms with Gasteiger partial charge >= 0.3 is 0 Å². The molecule has 1 fully saturated rings. The van der Waals surface area contributed by atoms with Gasteiger partial charge in [-0.05, 0) is 31.5 Å². The molecule has 0 amide bonds. The van der Waals surface area contributed by atoms with Crippen molar-refractivity contribution >= 4 is 0 Å². The van der Waals surface area contributed by atoms with Gasteiger partial charge < -0.3 is 9.88 Å². The minimum absolute atomic E-state index is 0.721. The monoisotopic (exact) mass is 164 g/mol. The molecule has 1 atom stereocenters. The van der Waals surface area contributed by atoms with Gasteiger partial charge in [0.15, 0.2) is 0 Å². The van der Waals surface area contributed by atoms with Gasteiger partial charge in [0, 0.05) is 31.4 Å². The first kappa shape index (κ1) is 7.87. The molecule has 0 aromatic carbocycles. The van der Waals surface area contributed by atoms with Gasteiger partial charge in [-0.3, -0.25) is 0 Å². The van der Waals surface area contributed by atoms with Crippen LogP contribution in [0.4, 0.5) is 0 Å². The molecule has 1 N–H and O–H groups in total. The molecule has 2 rings (SSSR count). The van der Waals surface area contributed by atoms with Crippen molar-refractivity contribution in [2.45, 2.75) is 25.3 Å². The molecule has 2 nitrogen and oxygen atoms in total. The second-order valence-corrected chi connectivity index (χ2v) is 3.61. The Morgan fingerprint density at radius 2 is 2.58 bits per heavy atom. The normalized spacial score (nSPS) is 23.2. The molecule has 12 heavy (non-hydrogen) atoms. The van der Waals surface area contributed by atoms with Crippen molar-refractivity contribution in [2.75, 3.05) is 6.54 Å². The van der Waals surface area contributed by atoms with Gasteiger partial charge in [-0.25, -0.2) is 0 Å². The van der Waals surface area contributed by atoms with E-state index in [9.17, 15) is 0 Å². The van der Waals surface area contributed by atoms with Gasteiger partial charge in [0.05, 0.1) is 0 Å². The average molecular weight is 164 g/mol. The van der Waals surface area contributed by atoms with E-state index in [0.29, 0.717) is 0 Å². The van der Waals surface area contributed by atoms with E-state index in [-0.39, 0.29) is 0 Å². The Kier molecular flexibility index (Phi) is 2.17. The maximum atomic E-state index is 3.51. The third-order valence-electron chi connectivity index (χ3n) is 2.67. The largest absolute Gasteiger partial charge is 0.354 e. The number of aromatic nitrogens is 1. The molecule has 66 valence electrons. The van der Waals surface area contributed by atoms with Crippen molar-refractivity contribution in [3.05, 3.63) is 24.0 Å². The zero-order valence-corrected chi connectivity index (χ0v) is 7.59. The fourth-order valence-corrected chi connectivity index (χ4v) is 1.89. The minimum Gasteiger partial charge on any atom is -0.354 e. The Bertz CT molecular complexity index is 246. The number of nitrogens with one attached hydrogen (secondary N) is 1. The van der Waals surface area contributed by atoms with E-state index >= 15 is 0 Å². The molecule has 1 unspecified atom stereocenters. The van der Waals surface area contributed by atoms with Gasteiger partial charge in [0.1, 0.15) is 0 Å². The molecular formula is C10H16N2. The number of nitrogens with zero attached hydrogens (tertiary/aromatic N) is 1. The Labute approximate surface area is 73.6 Å². The maximum absolute atomic E-state index is 3.51. The fraction of sp³-hybridized carbons (Fsp3) is 0.600. The van der Waals surface area contributed by atoms with Gasteiger partial charge in [-0.1, -0.05) is 0 Å². The Hall–Kier alpha value is -0.760. The van der Waals surface area contributed by atoms with Crippen molar-refractivity contribution in [1.82, 2.24) is 9.88 Å². The zero-order chi connectivity index (χ0) is 8.39. The first-order chi connectivity index (χ1) is 5.86. The Morgan fingerprint density at radius 1 is 1.67 bits per heavy atom. The van der Waals surface area contributed by atoms with Gasteiger partial charge in [-0.15, -0.1) is 0 Å². The van der Waals surface area contributed by atoms with Crippen LogP contribution in [-0.4, -0.2) is 17.2 Å². The predicted octanol–water partition coefficient (Wildman–Crippen LogP) is 1.32. The SMILES string of the molecule is Cn1cccc1CC1CCCN1. The van der Waals surface area contributed by atoms with Crippen molar-refractivity contribution in [3.8, 4) is 0 Å². The number of aryl methyl sites for hydroxylation is 1. The summed E-state index contributed by atoms with van der Waals surface area (Å²) in [6.45, 7) is 1.20. The number of hydrogen-bond acceptors (Lipinski definition) is 1. The van der Waals surface area contributed by atoms with Gasteiger partial charge in [-0.2, -0.15) is 0 Å². The standard InChI is InChI=1S/C10H16N2/c1-12-7-3-5-10(12)8-9-4-2-6-11-9/h3,5,7,9,11H,2,4,6,8H2,1H3. The quantitative estimate of drug-likeness (QED) is 0.697. The topological polar surface area (TPSA) is 17.0 Å². The van der Waals surface area contributed by atoms with E-state index in [1.165, 1.54) is 31.5 Å². The van der Waals surface area contributed by atoms with Crippen LogP contribution in [-0.2, 0) is 13.5 Å². The maximum Gasteiger partial charge on any atom is 0.0187 e. The first-order valence-electron chi connectivity index (χ1n) is 4.70. The molecule has 0 bridgehead atoms. The van der Waals surface area contributed by atoms with E-state index < -0.39 is 0 Å². The van der Waals surface area contributed by atoms with E-state index in [4.69, 9.17) is 0 Å². The summed E-state index contributed by atoms with van der Waals surface area (Å²) in [4.78, 5) is 0. The summed E-state index contributed by atoms with van der Waals surface area (Å²) >= 11 is 0. The molecule has 0 saturated carbocycles. The smallest absolute Gasteiger partial charge is 0.0187 e. The molecule has 2 heterocycles. The Morgan fingerprint density at radius 3 is 3.17 bits per heavy atom. The second-order valence-electron chi connectivity index (χ2n) is 3.61. The first-order valence-corrected chi connectivity index (χ1v) is 4.70. The lowest BCUT2D eigenvalue weighted by molar-refractivity contribution is 0.583. The highest BCUT2D eigenvalue weighted by molar-refractivity contribution is 5.08. The van der Waals surface area contributed by atoms with Crippen LogP contribution in [0, 0.1) is 0 Å². The molecular weight excluding hydrogens is 148 g/mol. The lowest BCUT2D eigenvalue weighted by Gasteiger charge is -2.10. The van der Waals surface area contributed by atoms with E-state index in [1.54, 1.807) is 0 Å². The highest BCUT2D eigenvalue weighted by atomic mass is 15.0. The summed E-state index contributed by atoms with van der Waals surface area (Å²) in [5, 5.41) is 3.51. The number of rotatable bonds is 2. The summed E-state index contributed by atoms with van der Waals surface area (Å²) < 4.78 is 2.21. The summed E-state index contributed by atoms with van der Waals surface area (Å²) in [7, 11) is 2.12. The molecule has 1 saturated heterocycles. The van der Waals surface area contributed by atoms with E-state index in [1.807, 2.05) is 0 Å². The van der Waals surface area contributed by atoms with Gasteiger partial charge in [0.2, 0.25) is 0 Å². The number of hydrogen-bond donors (Lipinski definition) is 1. The molecule has 1 aromatic heterocycles. The van der Waals surface area contributed by atoms with Crippen LogP contribution in [0.15, 0.2) is 18.3 Å². The summed E-state index contributed by atoms with van der Waals surface area (Å²) in [6.07, 6.45) is 5.98. The van der Waals surface area contributed by atoms with Crippen LogP contribution in [0.1, 0.15) is 18.5 Å². The highest BCUT2D eigenvalue weighted by Crippen LogP contribution is 2.11. The highest BCUT2D eigenvalue weighted by Gasteiger charge is 2.14. The predicted molar refractivity (Wildman–Crippen MR) is 50.1 cm³/mol. The molecule has 0 radical (unpaired) electrons. The van der Waals surface area contributed by atoms with Crippen LogP contribution in [0.25, 0.3) is 0 Å². The molecule has 0 spiro atoms. The zero-order valence-electron chi connectivity index (χ0n) is 7.59. The molecule has 2 heteroatoms. The average Bonchev–Trinajstić information content (AvgIpc) is 2.65. The lowest BCUT2D eigenvalue weighted by Crippen LogP contribution is -2.24. The van der Waals surface area contributed by atoms with Crippen molar-refractivity contribution in [1.29, 1.82) is 0 Å². The van der Waals surface area contributed by atoms with Crippen molar-refractivity contribution in [3.63, 3.8) is 0 Å². The van der Waals surface area contributed by atoms with E-state index in [2.05, 4.69) is 35.3 Å². The van der Waals surface area contributed by atoms with E-state index in [0.717, 1.165) is 6.04 Å². The van der Waals surface area contributed by atoms with Crippen LogP contribution < -0.4 is 5.32 Å². The molecule has 1 aliphatic rings. The second kappa shape index (κ2) is 3.31. The summed E-state index contributed by atoms with van der Waals surface area (Å²) in [6, 6.07) is 5.04. The van der Waals surface area contributed by atoms with Crippen LogP contribution >= 0.6 is 0 Å². The fourth-order valence-electron chi connectivity index (χ4n) is 1.89. The lowest BCUT2D eigenvalue weighted by atomic mass is 10.1. The van der Waals surface area contributed by atoms with Crippen LogP contribution in [0.2, 0.25) is 0 Å². The van der Waals surface area contributed by atoms with Crippen molar-refractivity contribution < 1.29 is 0 Å².